The lowest BCUT2D eigenvalue weighted by molar-refractivity contribution is 0.0750. The largest absolute Gasteiger partial charge is 0.490 e. The lowest BCUT2D eigenvalue weighted by Crippen LogP contribution is -2.31. The van der Waals surface area contributed by atoms with Crippen molar-refractivity contribution in [2.45, 2.75) is 12.5 Å². The molecule has 0 aliphatic carbocycles. The molecule has 0 bridgehead atoms. The Hall–Kier alpha value is -1.59. The van der Waals surface area contributed by atoms with Gasteiger partial charge in [-0.1, -0.05) is 0 Å². The molecule has 0 fully saturated rings. The molecule has 5 heteroatoms. The van der Waals surface area contributed by atoms with Crippen LogP contribution in [0.4, 0.5) is 0 Å². The summed E-state index contributed by atoms with van der Waals surface area (Å²) in [5.41, 5.74) is 0.432. The molecule has 2 rings (SSSR count). The van der Waals surface area contributed by atoms with E-state index in [0.717, 1.165) is 6.42 Å². The van der Waals surface area contributed by atoms with Gasteiger partial charge < -0.3 is 19.9 Å². The first kappa shape index (κ1) is 12.9. The molecule has 0 aromatic heterocycles. The predicted molar refractivity (Wildman–Crippen MR) is 66.3 cm³/mol. The normalized spacial score (nSPS) is 15.9. The minimum atomic E-state index is -1.04. The minimum absolute atomic E-state index is 0.229. The van der Waals surface area contributed by atoms with Crippen molar-refractivity contribution in [1.29, 1.82) is 0 Å². The summed E-state index contributed by atoms with van der Waals surface area (Å²) in [4.78, 5) is 11.9. The highest BCUT2D eigenvalue weighted by Crippen LogP contribution is 2.30. The molecule has 0 spiro atoms. The second-order valence-corrected chi connectivity index (χ2v) is 4.15. The summed E-state index contributed by atoms with van der Waals surface area (Å²) in [6.45, 7) is 1.42. The van der Waals surface area contributed by atoms with Crippen molar-refractivity contribution in [3.63, 3.8) is 0 Å². The Morgan fingerprint density at radius 2 is 2.11 bits per heavy atom. The third-order valence-corrected chi connectivity index (χ3v) is 2.73. The molecule has 1 atom stereocenters. The summed E-state index contributed by atoms with van der Waals surface area (Å²) in [5, 5.41) is 12.4. The van der Waals surface area contributed by atoms with Gasteiger partial charge in [-0.2, -0.15) is 0 Å². The molecule has 98 valence electrons. The van der Waals surface area contributed by atoms with Crippen LogP contribution in [0, 0.1) is 0 Å². The van der Waals surface area contributed by atoms with E-state index in [1.54, 1.807) is 25.2 Å². The van der Waals surface area contributed by atoms with Crippen LogP contribution in [0.3, 0.4) is 0 Å². The van der Waals surface area contributed by atoms with Crippen molar-refractivity contribution < 1.29 is 19.4 Å². The maximum absolute atomic E-state index is 11.9. The Morgan fingerprint density at radius 1 is 1.39 bits per heavy atom. The number of nitrogens with one attached hydrogen (secondary N) is 1. The first-order valence-electron chi connectivity index (χ1n) is 5.99. The van der Waals surface area contributed by atoms with Gasteiger partial charge in [-0.05, 0) is 25.2 Å². The van der Waals surface area contributed by atoms with Crippen molar-refractivity contribution in [2.24, 2.45) is 0 Å². The number of fused-ring (bicyclic) bond motifs is 1. The summed E-state index contributed by atoms with van der Waals surface area (Å²) >= 11 is 0. The van der Waals surface area contributed by atoms with Crippen LogP contribution in [0.1, 0.15) is 16.8 Å². The van der Waals surface area contributed by atoms with Gasteiger partial charge in [-0.3, -0.25) is 4.79 Å². The van der Waals surface area contributed by atoms with Crippen LogP contribution in [-0.2, 0) is 0 Å². The molecule has 1 heterocycles. The van der Waals surface area contributed by atoms with Gasteiger partial charge in [0, 0.05) is 18.5 Å². The third-order valence-electron chi connectivity index (χ3n) is 2.73. The van der Waals surface area contributed by atoms with Gasteiger partial charge >= 0.3 is 0 Å². The first-order valence-corrected chi connectivity index (χ1v) is 5.99. The van der Waals surface area contributed by atoms with Gasteiger partial charge in [0.2, 0.25) is 0 Å². The van der Waals surface area contributed by atoms with Crippen molar-refractivity contribution in [3.05, 3.63) is 23.8 Å². The van der Waals surface area contributed by atoms with E-state index < -0.39 is 6.10 Å². The standard InChI is InChI=1S/C13H17NO4/c1-14-8-10(15)13(16)9-3-4-11-12(7-9)18-6-2-5-17-11/h3-4,7,10,14-15H,2,5-6,8H2,1H3. The topological polar surface area (TPSA) is 67.8 Å². The fourth-order valence-electron chi connectivity index (χ4n) is 1.79. The summed E-state index contributed by atoms with van der Waals surface area (Å²) in [5.74, 6) is 0.891. The molecule has 0 saturated heterocycles. The van der Waals surface area contributed by atoms with Crippen LogP contribution in [-0.4, -0.2) is 43.8 Å². The lowest BCUT2D eigenvalue weighted by Gasteiger charge is -2.11. The second-order valence-electron chi connectivity index (χ2n) is 4.15. The van der Waals surface area contributed by atoms with Gasteiger partial charge in [0.05, 0.1) is 13.2 Å². The maximum atomic E-state index is 11.9. The number of ether oxygens (including phenoxy) is 2. The molecule has 0 amide bonds. The number of benzene rings is 1. The molecular formula is C13H17NO4. The molecule has 1 aliphatic rings. The fourth-order valence-corrected chi connectivity index (χ4v) is 1.79. The molecule has 2 N–H and O–H groups in total. The van der Waals surface area contributed by atoms with Crippen molar-refractivity contribution in [3.8, 4) is 11.5 Å². The molecule has 1 aromatic rings. The number of likely N-dealkylation sites (N-methyl/N-ethyl adjacent to an activating group) is 1. The monoisotopic (exact) mass is 251 g/mol. The van der Waals surface area contributed by atoms with Crippen LogP contribution in [0.2, 0.25) is 0 Å². The molecule has 1 aromatic carbocycles. The zero-order chi connectivity index (χ0) is 13.0. The quantitative estimate of drug-likeness (QED) is 0.767. The first-order chi connectivity index (χ1) is 8.72. The fraction of sp³-hybridized carbons (Fsp3) is 0.462. The minimum Gasteiger partial charge on any atom is -0.490 e. The zero-order valence-electron chi connectivity index (χ0n) is 10.3. The van der Waals surface area contributed by atoms with Gasteiger partial charge in [0.25, 0.3) is 0 Å². The average molecular weight is 251 g/mol. The summed E-state index contributed by atoms with van der Waals surface area (Å²) in [6.07, 6.45) is -0.222. The van der Waals surface area contributed by atoms with Gasteiger partial charge in [-0.15, -0.1) is 0 Å². The SMILES string of the molecule is CNCC(O)C(=O)c1ccc2c(c1)OCCCO2. The molecular weight excluding hydrogens is 234 g/mol. The summed E-state index contributed by atoms with van der Waals surface area (Å²) in [7, 11) is 1.68. The van der Waals surface area contributed by atoms with E-state index in [9.17, 15) is 9.90 Å². The van der Waals surface area contributed by atoms with E-state index >= 15 is 0 Å². The van der Waals surface area contributed by atoms with Crippen LogP contribution in [0.25, 0.3) is 0 Å². The van der Waals surface area contributed by atoms with Crippen LogP contribution in [0.5, 0.6) is 11.5 Å². The number of rotatable bonds is 4. The van der Waals surface area contributed by atoms with E-state index in [4.69, 9.17) is 9.47 Å². The van der Waals surface area contributed by atoms with Crippen LogP contribution < -0.4 is 14.8 Å². The highest BCUT2D eigenvalue weighted by atomic mass is 16.5. The second kappa shape index (κ2) is 5.84. The van der Waals surface area contributed by atoms with Crippen molar-refractivity contribution in [1.82, 2.24) is 5.32 Å². The number of ketones is 1. The number of hydrogen-bond acceptors (Lipinski definition) is 5. The Bertz CT molecular complexity index is 433. The molecule has 18 heavy (non-hydrogen) atoms. The Labute approximate surface area is 106 Å². The average Bonchev–Trinajstić information content (AvgIpc) is 2.62. The molecule has 0 saturated carbocycles. The molecule has 1 aliphatic heterocycles. The number of hydrogen-bond donors (Lipinski definition) is 2. The molecule has 1 unspecified atom stereocenters. The third kappa shape index (κ3) is 2.80. The van der Waals surface area contributed by atoms with E-state index in [1.807, 2.05) is 0 Å². The van der Waals surface area contributed by atoms with E-state index in [0.29, 0.717) is 30.3 Å². The number of carbonyl (C=O) groups is 1. The highest BCUT2D eigenvalue weighted by molar-refractivity contribution is 6.00. The van der Waals surface area contributed by atoms with Crippen LogP contribution >= 0.6 is 0 Å². The Kier molecular flexibility index (Phi) is 4.17. The van der Waals surface area contributed by atoms with Crippen molar-refractivity contribution in [2.75, 3.05) is 26.8 Å². The lowest BCUT2D eigenvalue weighted by atomic mass is 10.1. The zero-order valence-corrected chi connectivity index (χ0v) is 10.3. The van der Waals surface area contributed by atoms with Gasteiger partial charge in [0.1, 0.15) is 6.10 Å². The smallest absolute Gasteiger partial charge is 0.192 e. The van der Waals surface area contributed by atoms with Crippen molar-refractivity contribution >= 4 is 5.78 Å². The predicted octanol–water partition coefficient (Wildman–Crippen LogP) is 0.611. The number of aliphatic hydroxyl groups is 1. The molecule has 5 nitrogen and oxygen atoms in total. The Balaban J connectivity index is 2.19. The van der Waals surface area contributed by atoms with E-state index in [2.05, 4.69) is 5.32 Å². The summed E-state index contributed by atoms with van der Waals surface area (Å²) < 4.78 is 11.0. The highest BCUT2D eigenvalue weighted by Gasteiger charge is 2.19. The molecule has 0 radical (unpaired) electrons. The maximum Gasteiger partial charge on any atom is 0.192 e. The number of aliphatic hydroxyl groups excluding tert-OH is 1. The number of Topliss-reactive ketones (excluding diaryl/α,β-unsaturated/α-hetero) is 1. The van der Waals surface area contributed by atoms with Crippen LogP contribution in [0.15, 0.2) is 18.2 Å². The van der Waals surface area contributed by atoms with E-state index in [-0.39, 0.29) is 12.3 Å². The van der Waals surface area contributed by atoms with Gasteiger partial charge in [-0.25, -0.2) is 0 Å². The summed E-state index contributed by atoms with van der Waals surface area (Å²) in [6, 6.07) is 4.98. The van der Waals surface area contributed by atoms with Gasteiger partial charge in [0.15, 0.2) is 17.3 Å². The number of carbonyl (C=O) groups excluding carboxylic acids is 1. The Morgan fingerprint density at radius 3 is 2.83 bits per heavy atom. The van der Waals surface area contributed by atoms with E-state index in [1.165, 1.54) is 0 Å².